The molecule has 0 radical (unpaired) electrons. The number of carbonyl (C=O) groups excluding carboxylic acids is 1. The molecule has 7 heteroatoms. The van der Waals surface area contributed by atoms with Crippen molar-refractivity contribution in [2.75, 3.05) is 39.8 Å². The van der Waals surface area contributed by atoms with Gasteiger partial charge in [-0.15, -0.1) is 0 Å². The van der Waals surface area contributed by atoms with Crippen LogP contribution in [0, 0.1) is 0 Å². The molecule has 0 aromatic carbocycles. The molecule has 0 spiro atoms. The molecule has 106 valence electrons. The molecule has 1 aliphatic heterocycles. The fourth-order valence-electron chi connectivity index (χ4n) is 2.12. The van der Waals surface area contributed by atoms with Gasteiger partial charge in [0.25, 0.3) is 0 Å². The second kappa shape index (κ2) is 6.63. The van der Waals surface area contributed by atoms with Crippen molar-refractivity contribution in [1.29, 1.82) is 0 Å². The molecule has 0 bridgehead atoms. The molecular weight excluding hydrogens is 246 g/mol. The van der Waals surface area contributed by atoms with Gasteiger partial charge in [0, 0.05) is 32.6 Å². The van der Waals surface area contributed by atoms with Gasteiger partial charge in [0.2, 0.25) is 11.8 Å². The van der Waals surface area contributed by atoms with Gasteiger partial charge in [-0.1, -0.05) is 12.1 Å². The second-order valence-electron chi connectivity index (χ2n) is 4.65. The summed E-state index contributed by atoms with van der Waals surface area (Å²) in [5, 5.41) is 6.83. The normalized spacial score (nSPS) is 16.8. The summed E-state index contributed by atoms with van der Waals surface area (Å²) in [6, 6.07) is 0. The maximum atomic E-state index is 11.7. The quantitative estimate of drug-likeness (QED) is 0.775. The minimum Gasteiger partial charge on any atom is -0.339 e. The van der Waals surface area contributed by atoms with Crippen LogP contribution in [0.5, 0.6) is 0 Å². The van der Waals surface area contributed by atoms with E-state index in [0.29, 0.717) is 19.0 Å². The van der Waals surface area contributed by atoms with E-state index in [1.54, 1.807) is 7.05 Å². The number of carbonyl (C=O) groups is 1. The van der Waals surface area contributed by atoms with Crippen molar-refractivity contribution in [2.24, 2.45) is 0 Å². The maximum absolute atomic E-state index is 11.7. The molecule has 0 atom stereocenters. The summed E-state index contributed by atoms with van der Waals surface area (Å²) in [6.07, 6.45) is 0.763. The van der Waals surface area contributed by atoms with Crippen molar-refractivity contribution in [3.05, 3.63) is 11.7 Å². The summed E-state index contributed by atoms with van der Waals surface area (Å²) in [7, 11) is 1.79. The Balaban J connectivity index is 1.78. The van der Waals surface area contributed by atoms with Gasteiger partial charge in [0.15, 0.2) is 5.82 Å². The van der Waals surface area contributed by atoms with Gasteiger partial charge in [-0.05, 0) is 7.05 Å². The van der Waals surface area contributed by atoms with Crippen molar-refractivity contribution in [1.82, 2.24) is 25.3 Å². The topological polar surface area (TPSA) is 74.5 Å². The van der Waals surface area contributed by atoms with Crippen LogP contribution >= 0.6 is 0 Å². The van der Waals surface area contributed by atoms with Gasteiger partial charge < -0.3 is 14.7 Å². The smallest absolute Gasteiger partial charge is 0.236 e. The van der Waals surface area contributed by atoms with Gasteiger partial charge in [-0.25, -0.2) is 0 Å². The van der Waals surface area contributed by atoms with E-state index in [0.717, 1.165) is 38.4 Å². The lowest BCUT2D eigenvalue weighted by Gasteiger charge is -2.34. The van der Waals surface area contributed by atoms with Crippen LogP contribution in [0.2, 0.25) is 0 Å². The molecule has 2 heterocycles. The van der Waals surface area contributed by atoms with E-state index in [1.165, 1.54) is 0 Å². The third-order valence-electron chi connectivity index (χ3n) is 3.23. The van der Waals surface area contributed by atoms with Gasteiger partial charge in [0.05, 0.1) is 13.1 Å². The highest BCUT2D eigenvalue weighted by Gasteiger charge is 2.21. The van der Waals surface area contributed by atoms with Crippen LogP contribution in [0.3, 0.4) is 0 Å². The van der Waals surface area contributed by atoms with Crippen LogP contribution in [0.1, 0.15) is 18.6 Å². The first-order chi connectivity index (χ1) is 9.22. The van der Waals surface area contributed by atoms with E-state index < -0.39 is 0 Å². The van der Waals surface area contributed by atoms with Crippen LogP contribution in [0.15, 0.2) is 4.52 Å². The van der Waals surface area contributed by atoms with E-state index in [4.69, 9.17) is 4.52 Å². The number of piperazine rings is 1. The highest BCUT2D eigenvalue weighted by molar-refractivity contribution is 5.78. The van der Waals surface area contributed by atoms with E-state index in [2.05, 4.69) is 20.4 Å². The fraction of sp³-hybridized carbons (Fsp3) is 0.750. The molecular formula is C12H21N5O2. The fourth-order valence-corrected chi connectivity index (χ4v) is 2.12. The molecule has 7 nitrogen and oxygen atoms in total. The summed E-state index contributed by atoms with van der Waals surface area (Å²) >= 11 is 0. The number of hydrogen-bond donors (Lipinski definition) is 1. The lowest BCUT2D eigenvalue weighted by Crippen LogP contribution is -2.50. The third-order valence-corrected chi connectivity index (χ3v) is 3.23. The summed E-state index contributed by atoms with van der Waals surface area (Å²) in [4.78, 5) is 20.1. The molecule has 1 amide bonds. The molecule has 2 rings (SSSR count). The Morgan fingerprint density at radius 3 is 2.68 bits per heavy atom. The molecule has 1 N–H and O–H groups in total. The van der Waals surface area contributed by atoms with E-state index in [1.807, 2.05) is 11.8 Å². The highest BCUT2D eigenvalue weighted by atomic mass is 16.5. The number of aromatic nitrogens is 2. The Hall–Kier alpha value is -1.47. The summed E-state index contributed by atoms with van der Waals surface area (Å²) < 4.78 is 5.09. The molecule has 1 fully saturated rings. The summed E-state index contributed by atoms with van der Waals surface area (Å²) in [6.45, 7) is 6.32. The largest absolute Gasteiger partial charge is 0.339 e. The van der Waals surface area contributed by atoms with Crippen molar-refractivity contribution >= 4 is 5.91 Å². The number of amides is 1. The zero-order valence-electron chi connectivity index (χ0n) is 11.6. The van der Waals surface area contributed by atoms with Crippen molar-refractivity contribution in [3.8, 4) is 0 Å². The van der Waals surface area contributed by atoms with Crippen molar-refractivity contribution in [3.63, 3.8) is 0 Å². The summed E-state index contributed by atoms with van der Waals surface area (Å²) in [5.41, 5.74) is 0. The predicted octanol–water partition coefficient (Wildman–Crippen LogP) is -0.504. The minimum atomic E-state index is 0.162. The molecule has 0 unspecified atom stereocenters. The Bertz CT molecular complexity index is 412. The lowest BCUT2D eigenvalue weighted by molar-refractivity contribution is -0.131. The number of hydrogen-bond acceptors (Lipinski definition) is 6. The van der Waals surface area contributed by atoms with Crippen molar-refractivity contribution < 1.29 is 9.32 Å². The lowest BCUT2D eigenvalue weighted by atomic mass is 10.3. The second-order valence-corrected chi connectivity index (χ2v) is 4.65. The number of nitrogens with one attached hydrogen (secondary N) is 1. The Labute approximate surface area is 112 Å². The SMILES string of the molecule is CCc1nc(CN2CCN(C(=O)CNC)CC2)no1. The maximum Gasteiger partial charge on any atom is 0.236 e. The minimum absolute atomic E-state index is 0.162. The Morgan fingerprint density at radius 2 is 2.11 bits per heavy atom. The monoisotopic (exact) mass is 267 g/mol. The first-order valence-electron chi connectivity index (χ1n) is 6.69. The van der Waals surface area contributed by atoms with Crippen LogP contribution in [0.25, 0.3) is 0 Å². The van der Waals surface area contributed by atoms with Crippen LogP contribution < -0.4 is 5.32 Å². The van der Waals surface area contributed by atoms with Gasteiger partial charge >= 0.3 is 0 Å². The number of likely N-dealkylation sites (N-methyl/N-ethyl adjacent to an activating group) is 1. The van der Waals surface area contributed by atoms with Gasteiger partial charge in [-0.2, -0.15) is 4.98 Å². The molecule has 0 aliphatic carbocycles. The first kappa shape index (κ1) is 14.0. The van der Waals surface area contributed by atoms with E-state index in [-0.39, 0.29) is 5.91 Å². The molecule has 19 heavy (non-hydrogen) atoms. The summed E-state index contributed by atoms with van der Waals surface area (Å²) in [5.74, 6) is 1.57. The average molecular weight is 267 g/mol. The van der Waals surface area contributed by atoms with Gasteiger partial charge in [-0.3, -0.25) is 9.69 Å². The van der Waals surface area contributed by atoms with Crippen LogP contribution in [0.4, 0.5) is 0 Å². The zero-order valence-corrected chi connectivity index (χ0v) is 11.6. The number of rotatable bonds is 5. The molecule has 0 saturated carbocycles. The van der Waals surface area contributed by atoms with E-state index >= 15 is 0 Å². The number of nitrogens with zero attached hydrogens (tertiary/aromatic N) is 4. The van der Waals surface area contributed by atoms with Crippen LogP contribution in [-0.2, 0) is 17.8 Å². The van der Waals surface area contributed by atoms with Crippen molar-refractivity contribution in [2.45, 2.75) is 19.9 Å². The highest BCUT2D eigenvalue weighted by Crippen LogP contribution is 2.07. The third kappa shape index (κ3) is 3.74. The number of aryl methyl sites for hydroxylation is 1. The predicted molar refractivity (Wildman–Crippen MR) is 69.5 cm³/mol. The molecule has 1 aliphatic rings. The molecule has 1 saturated heterocycles. The first-order valence-corrected chi connectivity index (χ1v) is 6.69. The van der Waals surface area contributed by atoms with E-state index in [9.17, 15) is 4.79 Å². The van der Waals surface area contributed by atoms with Crippen LogP contribution in [-0.4, -0.2) is 65.6 Å². The Kier molecular flexibility index (Phi) is 4.86. The Morgan fingerprint density at radius 1 is 1.37 bits per heavy atom. The van der Waals surface area contributed by atoms with Gasteiger partial charge in [0.1, 0.15) is 0 Å². The molecule has 1 aromatic heterocycles. The zero-order chi connectivity index (χ0) is 13.7. The molecule has 1 aromatic rings. The average Bonchev–Trinajstić information content (AvgIpc) is 2.87. The standard InChI is InChI=1S/C12H21N5O2/c1-3-11-14-10(15-19-11)9-16-4-6-17(7-5-16)12(18)8-13-2/h13H,3-9H2,1-2H3.